The van der Waals surface area contributed by atoms with Crippen molar-refractivity contribution in [1.82, 2.24) is 25.6 Å². The highest BCUT2D eigenvalue weighted by Crippen LogP contribution is 2.40. The quantitative estimate of drug-likeness (QED) is 0.164. The van der Waals surface area contributed by atoms with Gasteiger partial charge in [-0.25, -0.2) is 9.97 Å². The molecule has 1 aromatic carbocycles. The highest BCUT2D eigenvalue weighted by Gasteiger charge is 2.23. The Morgan fingerprint density at radius 2 is 1.85 bits per heavy atom. The molecule has 46 heavy (non-hydrogen) atoms. The molecule has 1 amide bonds. The van der Waals surface area contributed by atoms with E-state index in [0.29, 0.717) is 54.3 Å². The zero-order valence-electron chi connectivity index (χ0n) is 26.1. The summed E-state index contributed by atoms with van der Waals surface area (Å²) in [5, 5.41) is 9.16. The highest BCUT2D eigenvalue weighted by atomic mass is 35.5. The summed E-state index contributed by atoms with van der Waals surface area (Å²) >= 11 is 8.60. The lowest BCUT2D eigenvalue weighted by molar-refractivity contribution is -0.119. The maximum Gasteiger partial charge on any atom is 0.235 e. The van der Waals surface area contributed by atoms with Gasteiger partial charge in [-0.05, 0) is 67.6 Å². The van der Waals surface area contributed by atoms with Crippen molar-refractivity contribution in [2.45, 2.75) is 64.0 Å². The molecule has 4 heterocycles. The lowest BCUT2D eigenvalue weighted by Gasteiger charge is -2.14. The Bertz CT molecular complexity index is 1730. The predicted octanol–water partition coefficient (Wildman–Crippen LogP) is 6.66. The third kappa shape index (κ3) is 7.40. The molecule has 6 rings (SSSR count). The predicted molar refractivity (Wildman–Crippen MR) is 180 cm³/mol. The second-order valence-electron chi connectivity index (χ2n) is 11.9. The number of thiophene rings is 1. The minimum atomic E-state index is 0.139. The first-order valence-electron chi connectivity index (χ1n) is 15.8. The van der Waals surface area contributed by atoms with Crippen molar-refractivity contribution in [3.63, 3.8) is 0 Å². The van der Waals surface area contributed by atoms with Gasteiger partial charge in [-0.3, -0.25) is 14.6 Å². The summed E-state index contributed by atoms with van der Waals surface area (Å²) in [7, 11) is 3.24. The molecule has 3 aromatic heterocycles. The van der Waals surface area contributed by atoms with E-state index in [1.54, 1.807) is 31.8 Å². The molecule has 2 atom stereocenters. The van der Waals surface area contributed by atoms with E-state index in [-0.39, 0.29) is 11.9 Å². The number of pyridine rings is 1. The average Bonchev–Trinajstić information content (AvgIpc) is 3.83. The number of aromatic nitrogens is 3. The van der Waals surface area contributed by atoms with E-state index in [1.165, 1.54) is 0 Å². The van der Waals surface area contributed by atoms with Gasteiger partial charge in [0.2, 0.25) is 17.7 Å². The Morgan fingerprint density at radius 3 is 2.61 bits per heavy atom. The van der Waals surface area contributed by atoms with Crippen molar-refractivity contribution in [1.29, 1.82) is 0 Å². The largest absolute Gasteiger partial charge is 0.481 e. The van der Waals surface area contributed by atoms with Crippen LogP contribution in [0.4, 0.5) is 0 Å². The van der Waals surface area contributed by atoms with Crippen LogP contribution >= 0.6 is 22.9 Å². The minimum Gasteiger partial charge on any atom is -0.481 e. The molecule has 1 aliphatic carbocycles. The van der Waals surface area contributed by atoms with Crippen molar-refractivity contribution < 1.29 is 19.1 Å². The third-order valence-corrected chi connectivity index (χ3v) is 10.1. The van der Waals surface area contributed by atoms with Gasteiger partial charge in [0.25, 0.3) is 0 Å². The van der Waals surface area contributed by atoms with Crippen LogP contribution in [0, 0.1) is 5.92 Å². The maximum atomic E-state index is 11.6. The number of rotatable bonds is 13. The summed E-state index contributed by atoms with van der Waals surface area (Å²) in [6.07, 6.45) is 8.18. The number of hydrogen-bond acceptors (Lipinski definition) is 9. The molecule has 4 aromatic rings. The molecule has 2 fully saturated rings. The Labute approximate surface area is 278 Å². The number of methoxy groups -OCH3 is 2. The minimum absolute atomic E-state index is 0.139. The van der Waals surface area contributed by atoms with E-state index in [9.17, 15) is 9.59 Å². The Morgan fingerprint density at radius 1 is 1.02 bits per heavy atom. The lowest BCUT2D eigenvalue weighted by Crippen LogP contribution is -2.25. The number of ketones is 1. The van der Waals surface area contributed by atoms with Crippen LogP contribution in [0.25, 0.3) is 33.0 Å². The molecular formula is C35H38ClN5O4S. The van der Waals surface area contributed by atoms with E-state index >= 15 is 0 Å². The number of amides is 1. The Hall–Kier alpha value is -3.86. The average molecular weight is 660 g/mol. The number of benzene rings is 1. The van der Waals surface area contributed by atoms with Gasteiger partial charge in [-0.2, -0.15) is 0 Å². The Kier molecular flexibility index (Phi) is 10.3. The van der Waals surface area contributed by atoms with Gasteiger partial charge in [0.15, 0.2) is 0 Å². The fourth-order valence-corrected chi connectivity index (χ4v) is 7.43. The van der Waals surface area contributed by atoms with Crippen molar-refractivity contribution in [3.8, 4) is 44.7 Å². The third-order valence-electron chi connectivity index (χ3n) is 8.72. The summed E-state index contributed by atoms with van der Waals surface area (Å²) in [5.74, 6) is 1.97. The van der Waals surface area contributed by atoms with E-state index < -0.39 is 0 Å². The second-order valence-corrected chi connectivity index (χ2v) is 13.2. The van der Waals surface area contributed by atoms with Gasteiger partial charge in [0.05, 0.1) is 36.0 Å². The van der Waals surface area contributed by atoms with Crippen molar-refractivity contribution in [2.24, 2.45) is 5.92 Å². The SMILES string of the molecule is COc1nc(-c2cccc(-c3csc(-c4cnc(CCC[C@@H]5CCC(=O)N5)c(OC)n4)c3)c2Cl)ccc1CNC[C@@H]1CCC(=O)C1. The van der Waals surface area contributed by atoms with E-state index in [1.807, 2.05) is 30.3 Å². The van der Waals surface area contributed by atoms with Crippen LogP contribution in [0.5, 0.6) is 11.8 Å². The van der Waals surface area contributed by atoms with Crippen LogP contribution in [0.15, 0.2) is 48.0 Å². The molecule has 0 bridgehead atoms. The topological polar surface area (TPSA) is 115 Å². The lowest BCUT2D eigenvalue weighted by atomic mass is 10.0. The van der Waals surface area contributed by atoms with Crippen LogP contribution in [0.3, 0.4) is 0 Å². The van der Waals surface area contributed by atoms with Gasteiger partial charge >= 0.3 is 0 Å². The van der Waals surface area contributed by atoms with Crippen LogP contribution in [0.1, 0.15) is 56.2 Å². The van der Waals surface area contributed by atoms with Gasteiger partial charge in [-0.1, -0.05) is 35.9 Å². The summed E-state index contributed by atoms with van der Waals surface area (Å²) in [6.45, 7) is 1.42. The van der Waals surface area contributed by atoms with Crippen molar-refractivity contribution in [2.75, 3.05) is 20.8 Å². The molecule has 240 valence electrons. The van der Waals surface area contributed by atoms with Gasteiger partial charge in [0, 0.05) is 48.5 Å². The molecule has 2 aliphatic rings. The van der Waals surface area contributed by atoms with Crippen molar-refractivity contribution in [3.05, 3.63) is 64.3 Å². The maximum absolute atomic E-state index is 11.6. The number of carbonyl (C=O) groups is 2. The number of carbonyl (C=O) groups excluding carboxylic acids is 2. The number of ether oxygens (including phenoxy) is 2. The first-order valence-corrected chi connectivity index (χ1v) is 17.0. The van der Waals surface area contributed by atoms with Crippen LogP contribution < -0.4 is 20.1 Å². The summed E-state index contributed by atoms with van der Waals surface area (Å²) in [6, 6.07) is 12.3. The summed E-state index contributed by atoms with van der Waals surface area (Å²) in [5.41, 5.74) is 5.93. The highest BCUT2D eigenvalue weighted by molar-refractivity contribution is 7.14. The molecule has 11 heteroatoms. The number of nitrogens with one attached hydrogen (secondary N) is 2. The van der Waals surface area contributed by atoms with Crippen LogP contribution in [-0.2, 0) is 22.6 Å². The molecule has 1 aliphatic heterocycles. The fraction of sp³-hybridized carbons (Fsp3) is 0.400. The number of aryl methyl sites for hydroxylation is 1. The van der Waals surface area contributed by atoms with Gasteiger partial charge in [0.1, 0.15) is 17.2 Å². The number of halogens is 1. The zero-order valence-corrected chi connectivity index (χ0v) is 27.7. The van der Waals surface area contributed by atoms with E-state index in [4.69, 9.17) is 36.0 Å². The smallest absolute Gasteiger partial charge is 0.235 e. The number of Topliss-reactive ketones (excluding diaryl/α,β-unsaturated/α-hetero) is 1. The number of nitrogens with zero attached hydrogens (tertiary/aromatic N) is 3. The molecule has 9 nitrogen and oxygen atoms in total. The van der Waals surface area contributed by atoms with Gasteiger partial charge in [-0.15, -0.1) is 11.3 Å². The molecule has 0 spiro atoms. The standard InChI is InChI=1S/C35H38ClN5O4S/c1-44-34-22(18-37-17-21-9-12-25(42)15-21)10-13-28(40-34)27-7-4-6-26(33(27)36)23-16-31(46-20-23)30-19-38-29(35(41-30)45-2)8-3-5-24-11-14-32(43)39-24/h4,6-7,10,13,16,19-21,24,37H,3,5,8-9,11-12,14-15,17-18H2,1-2H3,(H,39,43)/t21-,24-/m1/s1. The molecule has 0 unspecified atom stereocenters. The molecular weight excluding hydrogens is 622 g/mol. The van der Waals surface area contributed by atoms with Crippen LogP contribution in [0.2, 0.25) is 5.02 Å². The monoisotopic (exact) mass is 659 g/mol. The first-order chi connectivity index (χ1) is 22.4. The summed E-state index contributed by atoms with van der Waals surface area (Å²) in [4.78, 5) is 38.3. The van der Waals surface area contributed by atoms with E-state index in [0.717, 1.165) is 82.9 Å². The molecule has 0 radical (unpaired) electrons. The summed E-state index contributed by atoms with van der Waals surface area (Å²) < 4.78 is 11.3. The number of hydrogen-bond donors (Lipinski definition) is 2. The fourth-order valence-electron chi connectivity index (χ4n) is 6.23. The van der Waals surface area contributed by atoms with E-state index in [2.05, 4.69) is 22.1 Å². The first kappa shape index (κ1) is 32.1. The molecule has 1 saturated heterocycles. The normalized spacial score (nSPS) is 17.8. The Balaban J connectivity index is 1.14. The molecule has 2 N–H and O–H groups in total. The van der Waals surface area contributed by atoms with Gasteiger partial charge < -0.3 is 20.1 Å². The van der Waals surface area contributed by atoms with Crippen LogP contribution in [-0.4, -0.2) is 53.4 Å². The second kappa shape index (κ2) is 14.7. The zero-order chi connectivity index (χ0) is 32.0. The molecule has 1 saturated carbocycles. The van der Waals surface area contributed by atoms with Crippen molar-refractivity contribution >= 4 is 34.6 Å².